The number of carbonyl (C=O) groups is 1. The van der Waals surface area contributed by atoms with Crippen molar-refractivity contribution in [2.45, 2.75) is 23.1 Å². The molecule has 0 unspecified atom stereocenters. The zero-order valence-corrected chi connectivity index (χ0v) is 15.0. The van der Waals surface area contributed by atoms with Crippen molar-refractivity contribution in [1.29, 1.82) is 0 Å². The molecule has 2 atom stereocenters. The first-order valence-corrected chi connectivity index (χ1v) is 9.60. The third-order valence-corrected chi connectivity index (χ3v) is 5.99. The number of carbonyl (C=O) groups excluding carboxylic acids is 1. The van der Waals surface area contributed by atoms with E-state index in [9.17, 15) is 4.79 Å². The Kier molecular flexibility index (Phi) is 5.72. The SMILES string of the molecule is C[C@@H](NC(=O)[C@@H](Sc1ccccc1)c1ccccc1)c1cccs1. The standard InChI is InChI=1S/C20H19NOS2/c1-15(18-13-8-14-23-18)21-20(22)19(16-9-4-2-5-10-16)24-17-11-6-3-7-12-17/h2-15,19H,1H3,(H,21,22)/t15-,19+/m1/s1. The Morgan fingerprint density at radius 3 is 2.25 bits per heavy atom. The monoisotopic (exact) mass is 353 g/mol. The Balaban J connectivity index is 1.80. The molecule has 1 heterocycles. The zero-order chi connectivity index (χ0) is 16.8. The molecule has 0 bridgehead atoms. The molecule has 1 amide bonds. The lowest BCUT2D eigenvalue weighted by Gasteiger charge is -2.20. The van der Waals surface area contributed by atoms with Crippen molar-refractivity contribution in [2.24, 2.45) is 0 Å². The third kappa shape index (κ3) is 4.28. The van der Waals surface area contributed by atoms with Crippen LogP contribution in [0, 0.1) is 0 Å². The number of thiophene rings is 1. The van der Waals surface area contributed by atoms with Crippen molar-refractivity contribution in [2.75, 3.05) is 0 Å². The molecular formula is C20H19NOS2. The number of nitrogens with one attached hydrogen (secondary N) is 1. The molecule has 3 aromatic rings. The summed E-state index contributed by atoms with van der Waals surface area (Å²) in [7, 11) is 0. The van der Waals surface area contributed by atoms with Gasteiger partial charge in [-0.2, -0.15) is 0 Å². The van der Waals surface area contributed by atoms with Gasteiger partial charge in [0.05, 0.1) is 6.04 Å². The fourth-order valence-electron chi connectivity index (χ4n) is 2.43. The molecule has 0 aliphatic rings. The first-order chi connectivity index (χ1) is 11.7. The minimum atomic E-state index is -0.268. The first-order valence-electron chi connectivity index (χ1n) is 7.84. The van der Waals surface area contributed by atoms with Crippen LogP contribution in [0.1, 0.15) is 28.7 Å². The Hall–Kier alpha value is -2.04. The van der Waals surface area contributed by atoms with Crippen LogP contribution in [0.3, 0.4) is 0 Å². The predicted octanol–water partition coefficient (Wildman–Crippen LogP) is 5.46. The van der Waals surface area contributed by atoms with Gasteiger partial charge in [0.2, 0.25) is 5.91 Å². The van der Waals surface area contributed by atoms with Crippen molar-refractivity contribution in [3.63, 3.8) is 0 Å². The molecule has 2 aromatic carbocycles. The zero-order valence-electron chi connectivity index (χ0n) is 13.4. The van der Waals surface area contributed by atoms with Gasteiger partial charge in [0.15, 0.2) is 0 Å². The molecule has 3 rings (SSSR count). The Labute approximate surface area is 150 Å². The van der Waals surface area contributed by atoms with Gasteiger partial charge in [0.25, 0.3) is 0 Å². The van der Waals surface area contributed by atoms with Gasteiger partial charge in [0.1, 0.15) is 5.25 Å². The van der Waals surface area contributed by atoms with Crippen molar-refractivity contribution in [1.82, 2.24) is 5.32 Å². The van der Waals surface area contributed by atoms with E-state index in [1.165, 1.54) is 4.88 Å². The molecule has 122 valence electrons. The highest BCUT2D eigenvalue weighted by molar-refractivity contribution is 8.00. The normalized spacial score (nSPS) is 13.2. The van der Waals surface area contributed by atoms with Gasteiger partial charge in [-0.1, -0.05) is 54.6 Å². The number of amides is 1. The summed E-state index contributed by atoms with van der Waals surface area (Å²) >= 11 is 3.24. The molecule has 0 saturated carbocycles. The van der Waals surface area contributed by atoms with E-state index < -0.39 is 0 Å². The van der Waals surface area contributed by atoms with Crippen LogP contribution in [0.5, 0.6) is 0 Å². The number of thioether (sulfide) groups is 1. The Morgan fingerprint density at radius 2 is 1.62 bits per heavy atom. The van der Waals surface area contributed by atoms with E-state index in [0.717, 1.165) is 10.5 Å². The van der Waals surface area contributed by atoms with Gasteiger partial charge < -0.3 is 5.32 Å². The maximum Gasteiger partial charge on any atom is 0.238 e. The van der Waals surface area contributed by atoms with Crippen LogP contribution in [-0.2, 0) is 4.79 Å². The third-order valence-electron chi connectivity index (χ3n) is 3.67. The van der Waals surface area contributed by atoms with Crippen molar-refractivity contribution in [3.8, 4) is 0 Å². The smallest absolute Gasteiger partial charge is 0.238 e. The van der Waals surface area contributed by atoms with Crippen molar-refractivity contribution >= 4 is 29.0 Å². The second-order valence-corrected chi connectivity index (χ2v) is 7.63. The van der Waals surface area contributed by atoms with Crippen molar-refractivity contribution in [3.05, 3.63) is 88.6 Å². The average Bonchev–Trinajstić information content (AvgIpc) is 3.16. The molecule has 0 fully saturated rings. The molecule has 1 N–H and O–H groups in total. The van der Waals surface area contributed by atoms with Crippen LogP contribution in [-0.4, -0.2) is 5.91 Å². The van der Waals surface area contributed by atoms with E-state index >= 15 is 0 Å². The number of benzene rings is 2. The number of rotatable bonds is 6. The summed E-state index contributed by atoms with van der Waals surface area (Å²) in [6.45, 7) is 2.03. The summed E-state index contributed by atoms with van der Waals surface area (Å²) < 4.78 is 0. The summed E-state index contributed by atoms with van der Waals surface area (Å²) in [4.78, 5) is 15.2. The fourth-order valence-corrected chi connectivity index (χ4v) is 4.22. The minimum absolute atomic E-state index is 0.0140. The molecule has 0 spiro atoms. The van der Waals surface area contributed by atoms with Crippen LogP contribution in [0.15, 0.2) is 83.1 Å². The number of hydrogen-bond acceptors (Lipinski definition) is 3. The average molecular weight is 354 g/mol. The Bertz CT molecular complexity index is 757. The first kappa shape index (κ1) is 16.8. The summed E-state index contributed by atoms with van der Waals surface area (Å²) in [5, 5.41) is 4.92. The molecule has 0 radical (unpaired) electrons. The molecule has 4 heteroatoms. The van der Waals surface area contributed by atoms with Gasteiger partial charge in [-0.15, -0.1) is 23.1 Å². The molecule has 1 aromatic heterocycles. The van der Waals surface area contributed by atoms with Crippen LogP contribution in [0.4, 0.5) is 0 Å². The van der Waals surface area contributed by atoms with Crippen LogP contribution < -0.4 is 5.32 Å². The maximum atomic E-state index is 12.9. The topological polar surface area (TPSA) is 29.1 Å². The minimum Gasteiger partial charge on any atom is -0.347 e. The lowest BCUT2D eigenvalue weighted by molar-refractivity contribution is -0.121. The van der Waals surface area contributed by atoms with Gasteiger partial charge in [0, 0.05) is 9.77 Å². The largest absolute Gasteiger partial charge is 0.347 e. The lowest BCUT2D eigenvalue weighted by Crippen LogP contribution is -2.30. The highest BCUT2D eigenvalue weighted by Crippen LogP contribution is 2.36. The number of hydrogen-bond donors (Lipinski definition) is 1. The summed E-state index contributed by atoms with van der Waals surface area (Å²) in [6.07, 6.45) is 0. The molecule has 0 aliphatic carbocycles. The molecule has 24 heavy (non-hydrogen) atoms. The molecular weight excluding hydrogens is 334 g/mol. The van der Waals surface area contributed by atoms with Crippen molar-refractivity contribution < 1.29 is 4.79 Å². The van der Waals surface area contributed by atoms with Gasteiger partial charge in [-0.3, -0.25) is 4.79 Å². The molecule has 2 nitrogen and oxygen atoms in total. The van der Waals surface area contributed by atoms with E-state index in [4.69, 9.17) is 0 Å². The highest BCUT2D eigenvalue weighted by Gasteiger charge is 2.23. The predicted molar refractivity (Wildman–Crippen MR) is 102 cm³/mol. The van der Waals surface area contributed by atoms with E-state index in [1.54, 1.807) is 23.1 Å². The molecule has 0 saturated heterocycles. The summed E-state index contributed by atoms with van der Waals surface area (Å²) in [6, 6.07) is 24.1. The van der Waals surface area contributed by atoms with E-state index in [0.29, 0.717) is 0 Å². The van der Waals surface area contributed by atoms with E-state index in [2.05, 4.69) is 11.4 Å². The van der Waals surface area contributed by atoms with Crippen LogP contribution in [0.2, 0.25) is 0 Å². The van der Waals surface area contributed by atoms with E-state index in [1.807, 2.05) is 79.0 Å². The summed E-state index contributed by atoms with van der Waals surface area (Å²) in [5.74, 6) is 0.0379. The fraction of sp³-hybridized carbons (Fsp3) is 0.150. The lowest BCUT2D eigenvalue weighted by atomic mass is 10.1. The Morgan fingerprint density at radius 1 is 0.958 bits per heavy atom. The van der Waals surface area contributed by atoms with Gasteiger partial charge >= 0.3 is 0 Å². The second-order valence-electron chi connectivity index (χ2n) is 5.47. The maximum absolute atomic E-state index is 12.9. The second kappa shape index (κ2) is 8.18. The van der Waals surface area contributed by atoms with Gasteiger partial charge in [-0.25, -0.2) is 0 Å². The molecule has 0 aliphatic heterocycles. The van der Waals surface area contributed by atoms with Crippen LogP contribution >= 0.6 is 23.1 Å². The quantitative estimate of drug-likeness (QED) is 0.596. The van der Waals surface area contributed by atoms with Crippen LogP contribution in [0.25, 0.3) is 0 Å². The highest BCUT2D eigenvalue weighted by atomic mass is 32.2. The van der Waals surface area contributed by atoms with E-state index in [-0.39, 0.29) is 17.2 Å². The van der Waals surface area contributed by atoms with Gasteiger partial charge in [-0.05, 0) is 36.1 Å². The summed E-state index contributed by atoms with van der Waals surface area (Å²) in [5.41, 5.74) is 1.02.